The van der Waals surface area contributed by atoms with E-state index in [0.717, 1.165) is 27.8 Å². The van der Waals surface area contributed by atoms with Crippen molar-refractivity contribution in [1.82, 2.24) is 14.5 Å². The molecule has 0 saturated heterocycles. The lowest BCUT2D eigenvalue weighted by Crippen LogP contribution is -2.35. The molecule has 0 saturated carbocycles. The molecule has 0 radical (unpaired) electrons. The summed E-state index contributed by atoms with van der Waals surface area (Å²) < 4.78 is 12.7. The van der Waals surface area contributed by atoms with Crippen LogP contribution in [0.5, 0.6) is 0 Å². The SMILES string of the molecule is COC1=CC2C[C@@H](CO)N=C(c3ccnc(-n4cc(-c5cccnc5)c5ccccc5c4=O)c3)C2C=C1OC. The number of methoxy groups -OCH3 is 2. The normalized spacial score (nSPS) is 20.5. The Labute approximate surface area is 225 Å². The molecule has 0 fully saturated rings. The van der Waals surface area contributed by atoms with E-state index in [9.17, 15) is 9.90 Å². The van der Waals surface area contributed by atoms with Crippen LogP contribution in [-0.4, -0.2) is 52.2 Å². The minimum Gasteiger partial charge on any atom is -0.493 e. The second-order valence-corrected chi connectivity index (χ2v) is 9.65. The Morgan fingerprint density at radius 2 is 1.77 bits per heavy atom. The molecule has 6 rings (SSSR count). The van der Waals surface area contributed by atoms with Crippen LogP contribution in [0.15, 0.2) is 107 Å². The number of hydrogen-bond donors (Lipinski definition) is 1. The summed E-state index contributed by atoms with van der Waals surface area (Å²) in [6.07, 6.45) is 11.8. The Hall–Kier alpha value is -4.56. The van der Waals surface area contributed by atoms with Crippen LogP contribution in [-0.2, 0) is 9.47 Å². The van der Waals surface area contributed by atoms with E-state index in [1.807, 2.05) is 60.8 Å². The molecule has 8 heteroatoms. The number of ether oxygens (including phenoxy) is 2. The highest BCUT2D eigenvalue weighted by Gasteiger charge is 2.36. The molecule has 2 unspecified atom stereocenters. The van der Waals surface area contributed by atoms with Gasteiger partial charge in [-0.3, -0.25) is 19.3 Å². The standard InChI is InChI=1S/C31H28N4O4/c1-38-27-13-21-12-22(18-36)34-30(25(21)15-28(27)39-2)19-9-11-33-29(14-19)35-17-26(20-6-5-10-32-16-20)23-7-3-4-8-24(23)31(35)37/h3-11,13-17,21-22,25,36H,12,18H2,1-2H3/t21?,22-,25?/m0/s1. The minimum atomic E-state index is -0.245. The molecule has 3 aromatic heterocycles. The predicted octanol–water partition coefficient (Wildman–Crippen LogP) is 4.31. The van der Waals surface area contributed by atoms with Crippen molar-refractivity contribution in [2.24, 2.45) is 16.8 Å². The average molecular weight is 521 g/mol. The lowest BCUT2D eigenvalue weighted by molar-refractivity contribution is 0.201. The Bertz CT molecular complexity index is 1690. The molecular formula is C31H28N4O4. The molecule has 0 amide bonds. The Kier molecular flexibility index (Phi) is 6.54. The summed E-state index contributed by atoms with van der Waals surface area (Å²) in [4.78, 5) is 27.4. The molecule has 39 heavy (non-hydrogen) atoms. The van der Waals surface area contributed by atoms with Gasteiger partial charge in [-0.25, -0.2) is 4.98 Å². The zero-order chi connectivity index (χ0) is 26.9. The first kappa shape index (κ1) is 24.8. The van der Waals surface area contributed by atoms with Crippen LogP contribution in [0.3, 0.4) is 0 Å². The highest BCUT2D eigenvalue weighted by molar-refractivity contribution is 6.04. The number of fused-ring (bicyclic) bond motifs is 2. The lowest BCUT2D eigenvalue weighted by atomic mass is 9.76. The molecule has 1 aliphatic heterocycles. The molecule has 196 valence electrons. The molecule has 4 aromatic rings. The Balaban J connectivity index is 1.50. The van der Waals surface area contributed by atoms with Crippen molar-refractivity contribution in [2.45, 2.75) is 12.5 Å². The van der Waals surface area contributed by atoms with Gasteiger partial charge < -0.3 is 14.6 Å². The Morgan fingerprint density at radius 3 is 2.51 bits per heavy atom. The number of aliphatic hydroxyl groups is 1. The topological polar surface area (TPSA) is 98.8 Å². The number of aliphatic hydroxyl groups excluding tert-OH is 1. The third-order valence-electron chi connectivity index (χ3n) is 7.42. The molecule has 1 aromatic carbocycles. The maximum absolute atomic E-state index is 13.7. The van der Waals surface area contributed by atoms with E-state index < -0.39 is 0 Å². The van der Waals surface area contributed by atoms with Crippen molar-refractivity contribution >= 4 is 16.5 Å². The molecule has 0 bridgehead atoms. The fraction of sp³-hybridized carbons (Fsp3) is 0.226. The maximum atomic E-state index is 13.7. The van der Waals surface area contributed by atoms with Gasteiger partial charge in [-0.05, 0) is 54.1 Å². The fourth-order valence-electron chi connectivity index (χ4n) is 5.54. The summed E-state index contributed by atoms with van der Waals surface area (Å²) in [6.45, 7) is -0.0553. The number of hydrogen-bond acceptors (Lipinski definition) is 7. The van der Waals surface area contributed by atoms with E-state index in [2.05, 4.69) is 16.0 Å². The third kappa shape index (κ3) is 4.42. The monoisotopic (exact) mass is 520 g/mol. The zero-order valence-corrected chi connectivity index (χ0v) is 21.7. The summed E-state index contributed by atoms with van der Waals surface area (Å²) >= 11 is 0. The smallest absolute Gasteiger partial charge is 0.264 e. The van der Waals surface area contributed by atoms with E-state index in [1.165, 1.54) is 0 Å². The van der Waals surface area contributed by atoms with Gasteiger partial charge in [0, 0.05) is 52.8 Å². The number of aliphatic imine (C=N–C) groups is 1. The van der Waals surface area contributed by atoms with E-state index in [-0.39, 0.29) is 30.0 Å². The van der Waals surface area contributed by atoms with Gasteiger partial charge in [0.05, 0.1) is 32.6 Å². The predicted molar refractivity (Wildman–Crippen MR) is 150 cm³/mol. The first-order valence-corrected chi connectivity index (χ1v) is 12.8. The van der Waals surface area contributed by atoms with Crippen molar-refractivity contribution in [1.29, 1.82) is 0 Å². The zero-order valence-electron chi connectivity index (χ0n) is 21.7. The number of benzene rings is 1. The number of nitrogens with zero attached hydrogens (tertiary/aromatic N) is 4. The minimum absolute atomic E-state index is 0.0553. The average Bonchev–Trinajstić information content (AvgIpc) is 3.00. The molecule has 8 nitrogen and oxygen atoms in total. The van der Waals surface area contributed by atoms with Gasteiger partial charge in [0.2, 0.25) is 0 Å². The fourth-order valence-corrected chi connectivity index (χ4v) is 5.54. The van der Waals surface area contributed by atoms with Crippen molar-refractivity contribution in [2.75, 3.05) is 20.8 Å². The number of allylic oxidation sites excluding steroid dienone is 2. The van der Waals surface area contributed by atoms with Crippen LogP contribution >= 0.6 is 0 Å². The van der Waals surface area contributed by atoms with Crippen molar-refractivity contribution in [3.05, 3.63) is 113 Å². The van der Waals surface area contributed by atoms with Gasteiger partial charge >= 0.3 is 0 Å². The van der Waals surface area contributed by atoms with E-state index in [1.54, 1.807) is 37.4 Å². The van der Waals surface area contributed by atoms with E-state index in [0.29, 0.717) is 29.1 Å². The van der Waals surface area contributed by atoms with Crippen LogP contribution in [0.4, 0.5) is 0 Å². The number of pyridine rings is 3. The Morgan fingerprint density at radius 1 is 0.974 bits per heavy atom. The lowest BCUT2D eigenvalue weighted by Gasteiger charge is -2.35. The second kappa shape index (κ2) is 10.3. The maximum Gasteiger partial charge on any atom is 0.264 e. The highest BCUT2D eigenvalue weighted by Crippen LogP contribution is 2.38. The van der Waals surface area contributed by atoms with Crippen LogP contribution in [0.2, 0.25) is 0 Å². The van der Waals surface area contributed by atoms with Gasteiger partial charge in [-0.1, -0.05) is 24.3 Å². The molecule has 1 N–H and O–H groups in total. The second-order valence-electron chi connectivity index (χ2n) is 9.65. The van der Waals surface area contributed by atoms with Gasteiger partial charge in [0.25, 0.3) is 5.56 Å². The summed E-state index contributed by atoms with van der Waals surface area (Å²) in [5, 5.41) is 11.5. The molecule has 2 aliphatic rings. The van der Waals surface area contributed by atoms with Crippen LogP contribution < -0.4 is 5.56 Å². The molecule has 1 aliphatic carbocycles. The molecule has 0 spiro atoms. The van der Waals surface area contributed by atoms with Gasteiger partial charge in [0.15, 0.2) is 11.5 Å². The van der Waals surface area contributed by atoms with Crippen LogP contribution in [0.25, 0.3) is 27.7 Å². The van der Waals surface area contributed by atoms with Crippen molar-refractivity contribution in [3.63, 3.8) is 0 Å². The molecule has 3 atom stereocenters. The third-order valence-corrected chi connectivity index (χ3v) is 7.42. The summed E-state index contributed by atoms with van der Waals surface area (Å²) in [5.41, 5.74) is 3.28. The van der Waals surface area contributed by atoms with Gasteiger partial charge in [0.1, 0.15) is 5.82 Å². The van der Waals surface area contributed by atoms with Gasteiger partial charge in [-0.15, -0.1) is 0 Å². The quantitative estimate of drug-likeness (QED) is 0.407. The van der Waals surface area contributed by atoms with E-state index >= 15 is 0 Å². The van der Waals surface area contributed by atoms with Gasteiger partial charge in [-0.2, -0.15) is 0 Å². The van der Waals surface area contributed by atoms with Crippen LogP contribution in [0.1, 0.15) is 12.0 Å². The summed E-state index contributed by atoms with van der Waals surface area (Å²) in [7, 11) is 3.24. The van der Waals surface area contributed by atoms with Crippen molar-refractivity contribution in [3.8, 4) is 16.9 Å². The molecular weight excluding hydrogens is 492 g/mol. The largest absolute Gasteiger partial charge is 0.493 e. The highest BCUT2D eigenvalue weighted by atomic mass is 16.5. The number of aromatic nitrogens is 3. The van der Waals surface area contributed by atoms with Crippen molar-refractivity contribution < 1.29 is 14.6 Å². The van der Waals surface area contributed by atoms with Crippen LogP contribution in [0, 0.1) is 11.8 Å². The first-order valence-electron chi connectivity index (χ1n) is 12.8. The van der Waals surface area contributed by atoms with E-state index in [4.69, 9.17) is 14.5 Å². The molecule has 4 heterocycles. The number of rotatable bonds is 6. The first-order chi connectivity index (χ1) is 19.1. The summed E-state index contributed by atoms with van der Waals surface area (Å²) in [6, 6.07) is 15.0. The summed E-state index contributed by atoms with van der Waals surface area (Å²) in [5.74, 6) is 1.82.